The molecule has 1 aliphatic heterocycles. The molecule has 3 aromatic rings. The molecule has 2 aromatic carbocycles. The number of anilines is 4. The molecule has 2 heterocycles. The van der Waals surface area contributed by atoms with Crippen molar-refractivity contribution >= 4 is 23.0 Å². The summed E-state index contributed by atoms with van der Waals surface area (Å²) in [7, 11) is 0. The predicted octanol–water partition coefficient (Wildman–Crippen LogP) is 5.31. The van der Waals surface area contributed by atoms with Crippen molar-refractivity contribution in [2.75, 3.05) is 28.6 Å². The SMILES string of the molecule is CC(C)Nc1cc(Nc2ccc(N3CCCC3)cc2)nc(-c2ccccc2)n1. The van der Waals surface area contributed by atoms with Crippen LogP contribution >= 0.6 is 0 Å². The van der Waals surface area contributed by atoms with E-state index in [4.69, 9.17) is 4.98 Å². The summed E-state index contributed by atoms with van der Waals surface area (Å²) < 4.78 is 0. The van der Waals surface area contributed by atoms with Crippen molar-refractivity contribution < 1.29 is 0 Å². The van der Waals surface area contributed by atoms with Crippen molar-refractivity contribution in [3.05, 3.63) is 60.7 Å². The summed E-state index contributed by atoms with van der Waals surface area (Å²) in [6.07, 6.45) is 2.57. The minimum absolute atomic E-state index is 0.297. The van der Waals surface area contributed by atoms with Gasteiger partial charge in [0, 0.05) is 42.1 Å². The van der Waals surface area contributed by atoms with Crippen molar-refractivity contribution in [3.63, 3.8) is 0 Å². The van der Waals surface area contributed by atoms with Crippen LogP contribution in [0.2, 0.25) is 0 Å². The van der Waals surface area contributed by atoms with E-state index in [9.17, 15) is 0 Å². The van der Waals surface area contributed by atoms with E-state index in [1.54, 1.807) is 0 Å². The second kappa shape index (κ2) is 8.30. The molecule has 5 nitrogen and oxygen atoms in total. The molecular formula is C23H27N5. The molecule has 0 spiro atoms. The molecule has 0 radical (unpaired) electrons. The molecular weight excluding hydrogens is 346 g/mol. The lowest BCUT2D eigenvalue weighted by Gasteiger charge is -2.18. The Bertz CT molecular complexity index is 900. The third-order valence-corrected chi connectivity index (χ3v) is 4.81. The molecule has 0 aliphatic carbocycles. The standard InChI is InChI=1S/C23H27N5/c1-17(2)24-21-16-22(27-23(26-21)18-8-4-3-5-9-18)25-19-10-12-20(13-11-19)28-14-6-7-15-28/h3-5,8-13,16-17H,6-7,14-15H2,1-2H3,(H2,24,25,26,27). The first kappa shape index (κ1) is 18.3. The fourth-order valence-corrected chi connectivity index (χ4v) is 3.48. The highest BCUT2D eigenvalue weighted by molar-refractivity contribution is 5.66. The van der Waals surface area contributed by atoms with Crippen molar-refractivity contribution in [2.24, 2.45) is 0 Å². The lowest BCUT2D eigenvalue weighted by Crippen LogP contribution is -2.17. The van der Waals surface area contributed by atoms with Gasteiger partial charge in [-0.25, -0.2) is 9.97 Å². The molecule has 0 unspecified atom stereocenters. The quantitative estimate of drug-likeness (QED) is 0.613. The maximum atomic E-state index is 4.73. The highest BCUT2D eigenvalue weighted by atomic mass is 15.1. The first-order valence-electron chi connectivity index (χ1n) is 10.0. The Morgan fingerprint density at radius 1 is 0.857 bits per heavy atom. The normalized spacial score (nSPS) is 13.8. The van der Waals surface area contributed by atoms with E-state index in [2.05, 4.69) is 58.6 Å². The second-order valence-corrected chi connectivity index (χ2v) is 7.49. The molecule has 1 saturated heterocycles. The molecule has 28 heavy (non-hydrogen) atoms. The maximum Gasteiger partial charge on any atom is 0.163 e. The van der Waals surface area contributed by atoms with E-state index >= 15 is 0 Å². The van der Waals surface area contributed by atoms with Gasteiger partial charge in [-0.2, -0.15) is 0 Å². The summed E-state index contributed by atoms with van der Waals surface area (Å²) >= 11 is 0. The average Bonchev–Trinajstić information content (AvgIpc) is 3.23. The molecule has 2 N–H and O–H groups in total. The maximum absolute atomic E-state index is 4.73. The number of benzene rings is 2. The molecule has 4 rings (SSSR count). The van der Waals surface area contributed by atoms with Crippen molar-refractivity contribution in [3.8, 4) is 11.4 Å². The Labute approximate surface area is 166 Å². The Hall–Kier alpha value is -3.08. The largest absolute Gasteiger partial charge is 0.372 e. The van der Waals surface area contributed by atoms with Gasteiger partial charge in [-0.15, -0.1) is 0 Å². The Morgan fingerprint density at radius 3 is 2.21 bits per heavy atom. The van der Waals surface area contributed by atoms with Crippen LogP contribution in [0.15, 0.2) is 60.7 Å². The molecule has 0 amide bonds. The lowest BCUT2D eigenvalue weighted by molar-refractivity contribution is 0.887. The van der Waals surface area contributed by atoms with Crippen molar-refractivity contribution in [2.45, 2.75) is 32.7 Å². The molecule has 0 saturated carbocycles. The van der Waals surface area contributed by atoms with E-state index in [0.29, 0.717) is 11.9 Å². The fraction of sp³-hybridized carbons (Fsp3) is 0.304. The summed E-state index contributed by atoms with van der Waals surface area (Å²) in [6.45, 7) is 6.52. The monoisotopic (exact) mass is 373 g/mol. The van der Waals surface area contributed by atoms with Gasteiger partial charge in [-0.3, -0.25) is 0 Å². The first-order chi connectivity index (χ1) is 13.7. The summed E-state index contributed by atoms with van der Waals surface area (Å²) in [5, 5.41) is 6.83. The minimum Gasteiger partial charge on any atom is -0.372 e. The van der Waals surface area contributed by atoms with Crippen LogP contribution in [0.25, 0.3) is 11.4 Å². The van der Waals surface area contributed by atoms with Crippen LogP contribution in [-0.4, -0.2) is 29.1 Å². The summed E-state index contributed by atoms with van der Waals surface area (Å²) in [6, 6.07) is 20.9. The Kier molecular flexibility index (Phi) is 5.42. The lowest BCUT2D eigenvalue weighted by atomic mass is 10.2. The minimum atomic E-state index is 0.297. The second-order valence-electron chi connectivity index (χ2n) is 7.49. The van der Waals surface area contributed by atoms with Crippen molar-refractivity contribution in [1.82, 2.24) is 9.97 Å². The molecule has 1 fully saturated rings. The van der Waals surface area contributed by atoms with Crippen LogP contribution in [-0.2, 0) is 0 Å². The highest BCUT2D eigenvalue weighted by Crippen LogP contribution is 2.26. The third-order valence-electron chi connectivity index (χ3n) is 4.81. The van der Waals surface area contributed by atoms with E-state index in [0.717, 1.165) is 36.0 Å². The predicted molar refractivity (Wildman–Crippen MR) is 117 cm³/mol. The number of rotatable bonds is 6. The molecule has 1 aromatic heterocycles. The van der Waals surface area contributed by atoms with Crippen LogP contribution in [0.1, 0.15) is 26.7 Å². The summed E-state index contributed by atoms with van der Waals surface area (Å²) in [5.74, 6) is 2.31. The van der Waals surface area contributed by atoms with Crippen LogP contribution < -0.4 is 15.5 Å². The van der Waals surface area contributed by atoms with Crippen molar-refractivity contribution in [1.29, 1.82) is 0 Å². The van der Waals surface area contributed by atoms with Crippen LogP contribution in [0.4, 0.5) is 23.0 Å². The zero-order chi connectivity index (χ0) is 19.3. The molecule has 5 heteroatoms. The van der Waals surface area contributed by atoms with Crippen LogP contribution in [0.5, 0.6) is 0 Å². The van der Waals surface area contributed by atoms with Gasteiger partial charge in [0.1, 0.15) is 11.6 Å². The molecule has 1 aliphatic rings. The van der Waals surface area contributed by atoms with E-state index < -0.39 is 0 Å². The van der Waals surface area contributed by atoms with Crippen LogP contribution in [0.3, 0.4) is 0 Å². The fourth-order valence-electron chi connectivity index (χ4n) is 3.48. The van der Waals surface area contributed by atoms with Gasteiger partial charge in [-0.1, -0.05) is 30.3 Å². The molecule has 0 bridgehead atoms. The Morgan fingerprint density at radius 2 is 1.54 bits per heavy atom. The van der Waals surface area contributed by atoms with E-state index in [-0.39, 0.29) is 0 Å². The van der Waals surface area contributed by atoms with Crippen LogP contribution in [0, 0.1) is 0 Å². The molecule has 144 valence electrons. The number of nitrogens with one attached hydrogen (secondary N) is 2. The van der Waals surface area contributed by atoms with E-state index in [1.165, 1.54) is 18.5 Å². The van der Waals surface area contributed by atoms with Gasteiger partial charge >= 0.3 is 0 Å². The topological polar surface area (TPSA) is 53.1 Å². The number of hydrogen-bond acceptors (Lipinski definition) is 5. The number of hydrogen-bond donors (Lipinski definition) is 2. The number of nitrogens with zero attached hydrogens (tertiary/aromatic N) is 3. The van der Waals surface area contributed by atoms with Gasteiger partial charge in [0.2, 0.25) is 0 Å². The molecule has 0 atom stereocenters. The van der Waals surface area contributed by atoms with Gasteiger partial charge in [0.05, 0.1) is 0 Å². The highest BCUT2D eigenvalue weighted by Gasteiger charge is 2.12. The van der Waals surface area contributed by atoms with E-state index in [1.807, 2.05) is 36.4 Å². The third kappa shape index (κ3) is 4.42. The summed E-state index contributed by atoms with van der Waals surface area (Å²) in [5.41, 5.74) is 3.32. The zero-order valence-electron chi connectivity index (χ0n) is 16.5. The Balaban J connectivity index is 1.59. The van der Waals surface area contributed by atoms with Gasteiger partial charge < -0.3 is 15.5 Å². The smallest absolute Gasteiger partial charge is 0.163 e. The zero-order valence-corrected chi connectivity index (χ0v) is 16.5. The summed E-state index contributed by atoms with van der Waals surface area (Å²) in [4.78, 5) is 11.9. The van der Waals surface area contributed by atoms with Gasteiger partial charge in [-0.05, 0) is 51.0 Å². The van der Waals surface area contributed by atoms with Gasteiger partial charge in [0.15, 0.2) is 5.82 Å². The van der Waals surface area contributed by atoms with Gasteiger partial charge in [0.25, 0.3) is 0 Å². The average molecular weight is 374 g/mol. The number of aromatic nitrogens is 2. The first-order valence-corrected chi connectivity index (χ1v) is 10.0.